The third-order valence-electron chi connectivity index (χ3n) is 5.22. The smallest absolute Gasteiger partial charge is 0.0519 e. The molecule has 23 heavy (non-hydrogen) atoms. The number of benzene rings is 2. The minimum absolute atomic E-state index is 0.204. The highest BCUT2D eigenvalue weighted by atomic mass is 32.1. The molecule has 2 bridgehead atoms. The lowest BCUT2D eigenvalue weighted by molar-refractivity contribution is 0.811. The maximum absolute atomic E-state index is 6.02. The van der Waals surface area contributed by atoms with Crippen molar-refractivity contribution in [3.8, 4) is 0 Å². The Labute approximate surface area is 139 Å². The van der Waals surface area contributed by atoms with Gasteiger partial charge < -0.3 is 5.73 Å². The van der Waals surface area contributed by atoms with Crippen molar-refractivity contribution in [2.24, 2.45) is 10.7 Å². The number of fused-ring (bicyclic) bond motifs is 2. The van der Waals surface area contributed by atoms with Crippen molar-refractivity contribution in [1.29, 1.82) is 0 Å². The van der Waals surface area contributed by atoms with E-state index < -0.39 is 0 Å². The number of rotatable bonds is 0. The van der Waals surface area contributed by atoms with Crippen molar-refractivity contribution in [1.82, 2.24) is 0 Å². The highest BCUT2D eigenvalue weighted by Crippen LogP contribution is 2.54. The molecule has 3 aromatic rings. The molecule has 2 nitrogen and oxygen atoms in total. The van der Waals surface area contributed by atoms with E-state index in [-0.39, 0.29) is 11.8 Å². The van der Waals surface area contributed by atoms with Crippen LogP contribution in [-0.4, -0.2) is 12.8 Å². The lowest BCUT2D eigenvalue weighted by Gasteiger charge is -2.43. The minimum atomic E-state index is 0.204. The van der Waals surface area contributed by atoms with Crippen LogP contribution in [0.25, 0.3) is 10.8 Å². The van der Waals surface area contributed by atoms with Gasteiger partial charge in [0.25, 0.3) is 0 Å². The molecule has 3 aliphatic carbocycles. The van der Waals surface area contributed by atoms with Crippen LogP contribution in [0, 0.1) is 0 Å². The van der Waals surface area contributed by atoms with Crippen LogP contribution in [0.4, 0.5) is 0 Å². The average Bonchev–Trinajstić information content (AvgIpc) is 3.06. The first-order valence-electron chi connectivity index (χ1n) is 7.81. The summed E-state index contributed by atoms with van der Waals surface area (Å²) in [5.74, 6) is 0.412. The zero-order chi connectivity index (χ0) is 15.6. The second-order valence-electron chi connectivity index (χ2n) is 6.21. The van der Waals surface area contributed by atoms with Crippen LogP contribution in [-0.2, 0) is 0 Å². The predicted molar refractivity (Wildman–Crippen MR) is 97.6 cm³/mol. The summed E-state index contributed by atoms with van der Waals surface area (Å²) in [4.78, 5) is 4.62. The van der Waals surface area contributed by atoms with Crippen LogP contribution in [0.5, 0.6) is 0 Å². The average molecular weight is 316 g/mol. The summed E-state index contributed by atoms with van der Waals surface area (Å²) in [5, 5.41) is 7.11. The Bertz CT molecular complexity index is 930. The molecule has 2 aromatic carbocycles. The van der Waals surface area contributed by atoms with E-state index in [4.69, 9.17) is 5.73 Å². The van der Waals surface area contributed by atoms with E-state index in [9.17, 15) is 0 Å². The van der Waals surface area contributed by atoms with Gasteiger partial charge in [-0.3, -0.25) is 4.99 Å². The lowest BCUT2D eigenvalue weighted by Crippen LogP contribution is -2.35. The summed E-state index contributed by atoms with van der Waals surface area (Å²) < 4.78 is 0. The normalized spacial score (nSPS) is 25.1. The highest BCUT2D eigenvalue weighted by molar-refractivity contribution is 7.09. The lowest BCUT2D eigenvalue weighted by atomic mass is 9.60. The molecule has 3 aliphatic rings. The molecular weight excluding hydrogens is 300 g/mol. The minimum Gasteiger partial charge on any atom is -0.404 e. The number of thiophene rings is 1. The highest BCUT2D eigenvalue weighted by Gasteiger charge is 2.44. The Hall–Kier alpha value is -2.39. The van der Waals surface area contributed by atoms with Crippen molar-refractivity contribution in [3.63, 3.8) is 0 Å². The fourth-order valence-electron chi connectivity index (χ4n) is 4.31. The van der Waals surface area contributed by atoms with Crippen LogP contribution in [0.15, 0.2) is 63.9 Å². The van der Waals surface area contributed by atoms with Crippen molar-refractivity contribution >= 4 is 27.8 Å². The molecule has 0 saturated heterocycles. The second-order valence-corrected chi connectivity index (χ2v) is 6.95. The number of nitrogens with two attached hydrogens (primary N) is 1. The van der Waals surface area contributed by atoms with Gasteiger partial charge in [0.1, 0.15) is 0 Å². The van der Waals surface area contributed by atoms with Gasteiger partial charge in [-0.05, 0) is 62.1 Å². The van der Waals surface area contributed by atoms with Gasteiger partial charge in [0, 0.05) is 18.5 Å². The zero-order valence-corrected chi connectivity index (χ0v) is 13.6. The van der Waals surface area contributed by atoms with Crippen molar-refractivity contribution < 1.29 is 0 Å². The van der Waals surface area contributed by atoms with Gasteiger partial charge in [-0.25, -0.2) is 0 Å². The van der Waals surface area contributed by atoms with Gasteiger partial charge in [0.2, 0.25) is 0 Å². The molecule has 3 heteroatoms. The van der Waals surface area contributed by atoms with E-state index in [0.29, 0.717) is 0 Å². The Kier molecular flexibility index (Phi) is 2.59. The van der Waals surface area contributed by atoms with Crippen LogP contribution >= 0.6 is 11.3 Å². The monoisotopic (exact) mass is 316 g/mol. The molecule has 1 heterocycles. The summed E-state index contributed by atoms with van der Waals surface area (Å²) in [6.45, 7) is 0. The SMILES string of the molecule is CN=C1C(=CN)C2c3ccccc3C1c1cc3cscc3cc12. The molecule has 2 unspecified atom stereocenters. The number of hydrogen-bond acceptors (Lipinski definition) is 3. The fourth-order valence-corrected chi connectivity index (χ4v) is 5.08. The van der Waals surface area contributed by atoms with E-state index >= 15 is 0 Å². The number of nitrogens with zero attached hydrogens (tertiary/aromatic N) is 1. The molecule has 0 amide bonds. The Morgan fingerprint density at radius 3 is 2.17 bits per heavy atom. The summed E-state index contributed by atoms with van der Waals surface area (Å²) in [6, 6.07) is 13.4. The predicted octanol–water partition coefficient (Wildman–Crippen LogP) is 4.41. The van der Waals surface area contributed by atoms with Gasteiger partial charge in [-0.1, -0.05) is 24.3 Å². The van der Waals surface area contributed by atoms with Crippen LogP contribution in [0.3, 0.4) is 0 Å². The first kappa shape index (κ1) is 13.1. The molecule has 1 aromatic heterocycles. The van der Waals surface area contributed by atoms with Gasteiger partial charge in [-0.2, -0.15) is 11.3 Å². The third kappa shape index (κ3) is 1.55. The van der Waals surface area contributed by atoms with E-state index in [0.717, 1.165) is 5.71 Å². The molecule has 0 spiro atoms. The first-order valence-corrected chi connectivity index (χ1v) is 8.75. The van der Waals surface area contributed by atoms with Crippen molar-refractivity contribution in [2.45, 2.75) is 11.8 Å². The zero-order valence-electron chi connectivity index (χ0n) is 12.8. The molecule has 2 N–H and O–H groups in total. The van der Waals surface area contributed by atoms with Crippen molar-refractivity contribution in [3.05, 3.63) is 81.2 Å². The molecule has 6 rings (SSSR count). The van der Waals surface area contributed by atoms with Crippen molar-refractivity contribution in [2.75, 3.05) is 7.05 Å². The summed E-state index contributed by atoms with van der Waals surface area (Å²) in [5.41, 5.74) is 13.9. The maximum Gasteiger partial charge on any atom is 0.0519 e. The Balaban J connectivity index is 1.93. The number of aliphatic imine (C=N–C) groups is 1. The van der Waals surface area contributed by atoms with Crippen LogP contribution in [0.2, 0.25) is 0 Å². The van der Waals surface area contributed by atoms with E-state index in [1.54, 1.807) is 17.5 Å². The standard InChI is InChI=1S/C20H16N2S/c1-22-20-17(8-21)18-13-4-2-3-5-14(13)19(20)16-7-12-10-23-9-11(12)6-15(16)18/h2-10,18-19H,21H2,1H3. The second kappa shape index (κ2) is 4.56. The molecule has 0 fully saturated rings. The number of allylic oxidation sites excluding steroid dienone is 1. The fraction of sp³-hybridized carbons (Fsp3) is 0.150. The topological polar surface area (TPSA) is 38.4 Å². The van der Waals surface area contributed by atoms with Gasteiger partial charge in [0.05, 0.1) is 11.6 Å². The number of hydrogen-bond donors (Lipinski definition) is 1. The van der Waals surface area contributed by atoms with Gasteiger partial charge >= 0.3 is 0 Å². The molecule has 112 valence electrons. The van der Waals surface area contributed by atoms with E-state index in [1.807, 2.05) is 7.05 Å². The quantitative estimate of drug-likeness (QED) is 0.655. The van der Waals surface area contributed by atoms with Gasteiger partial charge in [-0.15, -0.1) is 0 Å². The van der Waals surface area contributed by atoms with Gasteiger partial charge in [0.15, 0.2) is 0 Å². The summed E-state index contributed by atoms with van der Waals surface area (Å²) >= 11 is 1.76. The molecule has 0 saturated carbocycles. The van der Waals surface area contributed by atoms with E-state index in [1.165, 1.54) is 38.6 Å². The first-order chi connectivity index (χ1) is 11.3. The van der Waals surface area contributed by atoms with Crippen LogP contribution in [0.1, 0.15) is 34.1 Å². The maximum atomic E-state index is 6.02. The molecular formula is C20H16N2S. The largest absolute Gasteiger partial charge is 0.404 e. The molecule has 0 radical (unpaired) electrons. The Morgan fingerprint density at radius 2 is 1.57 bits per heavy atom. The van der Waals surface area contributed by atoms with Crippen LogP contribution < -0.4 is 5.73 Å². The Morgan fingerprint density at radius 1 is 0.957 bits per heavy atom. The van der Waals surface area contributed by atoms with E-state index in [2.05, 4.69) is 52.2 Å². The molecule has 0 aliphatic heterocycles. The summed E-state index contributed by atoms with van der Waals surface area (Å²) in [6.07, 6.45) is 1.76. The molecule has 2 atom stereocenters. The summed E-state index contributed by atoms with van der Waals surface area (Å²) in [7, 11) is 1.88. The third-order valence-corrected chi connectivity index (χ3v) is 6.00.